The first-order valence-electron chi connectivity index (χ1n) is 6.11. The molecule has 1 amide bonds. The molecule has 17 heavy (non-hydrogen) atoms. The van der Waals surface area contributed by atoms with E-state index in [-0.39, 0.29) is 24.2 Å². The molecule has 1 N–H and O–H groups in total. The summed E-state index contributed by atoms with van der Waals surface area (Å²) in [5.74, 6) is 0.680. The van der Waals surface area contributed by atoms with Crippen LogP contribution in [-0.2, 0) is 4.74 Å². The SMILES string of the molecule is CC(C)C1NC(=O)OC(c2ccccc2)C1C. The molecule has 2 rings (SSSR count). The maximum Gasteiger partial charge on any atom is 0.407 e. The number of hydrogen-bond acceptors (Lipinski definition) is 2. The Morgan fingerprint density at radius 2 is 1.88 bits per heavy atom. The van der Waals surface area contributed by atoms with E-state index in [4.69, 9.17) is 4.74 Å². The Bertz CT molecular complexity index is 388. The van der Waals surface area contributed by atoms with Crippen LogP contribution in [0.3, 0.4) is 0 Å². The van der Waals surface area contributed by atoms with Crippen LogP contribution in [0.4, 0.5) is 4.79 Å². The van der Waals surface area contributed by atoms with Gasteiger partial charge in [-0.25, -0.2) is 4.79 Å². The number of hydrogen-bond donors (Lipinski definition) is 1. The summed E-state index contributed by atoms with van der Waals surface area (Å²) in [7, 11) is 0. The van der Waals surface area contributed by atoms with Crippen LogP contribution in [0.5, 0.6) is 0 Å². The number of carbonyl (C=O) groups is 1. The number of benzene rings is 1. The Labute approximate surface area is 102 Å². The van der Waals surface area contributed by atoms with Gasteiger partial charge in [0.1, 0.15) is 6.10 Å². The van der Waals surface area contributed by atoms with Crippen LogP contribution in [-0.4, -0.2) is 12.1 Å². The smallest absolute Gasteiger partial charge is 0.407 e. The molecule has 0 radical (unpaired) electrons. The van der Waals surface area contributed by atoms with Crippen LogP contribution in [0.25, 0.3) is 0 Å². The minimum atomic E-state index is -0.310. The first kappa shape index (κ1) is 12.0. The van der Waals surface area contributed by atoms with E-state index in [0.29, 0.717) is 5.92 Å². The van der Waals surface area contributed by atoms with Crippen molar-refractivity contribution in [1.29, 1.82) is 0 Å². The summed E-state index contributed by atoms with van der Waals surface area (Å²) < 4.78 is 5.42. The lowest BCUT2D eigenvalue weighted by atomic mass is 9.84. The molecule has 1 heterocycles. The molecule has 1 aromatic carbocycles. The summed E-state index contributed by atoms with van der Waals surface area (Å²) in [5, 5.41) is 2.90. The molecule has 0 spiro atoms. The number of alkyl carbamates (subject to hydrolysis) is 1. The zero-order chi connectivity index (χ0) is 12.4. The Balaban J connectivity index is 2.25. The summed E-state index contributed by atoms with van der Waals surface area (Å²) in [4.78, 5) is 11.6. The van der Waals surface area contributed by atoms with Gasteiger partial charge in [-0.3, -0.25) is 0 Å². The van der Waals surface area contributed by atoms with Crippen molar-refractivity contribution >= 4 is 6.09 Å². The van der Waals surface area contributed by atoms with E-state index in [1.807, 2.05) is 30.3 Å². The second-order valence-corrected chi connectivity index (χ2v) is 5.01. The Kier molecular flexibility index (Phi) is 3.36. The summed E-state index contributed by atoms with van der Waals surface area (Å²) in [5.41, 5.74) is 1.07. The molecule has 1 fully saturated rings. The van der Waals surface area contributed by atoms with Gasteiger partial charge in [-0.05, 0) is 11.5 Å². The topological polar surface area (TPSA) is 38.3 Å². The van der Waals surface area contributed by atoms with Gasteiger partial charge in [-0.15, -0.1) is 0 Å². The van der Waals surface area contributed by atoms with Gasteiger partial charge >= 0.3 is 6.09 Å². The minimum Gasteiger partial charge on any atom is -0.441 e. The average molecular weight is 233 g/mol. The zero-order valence-electron chi connectivity index (χ0n) is 10.5. The summed E-state index contributed by atoms with van der Waals surface area (Å²) in [6.45, 7) is 6.37. The van der Waals surface area contributed by atoms with Crippen LogP contribution in [0.2, 0.25) is 0 Å². The van der Waals surface area contributed by atoms with Crippen molar-refractivity contribution < 1.29 is 9.53 Å². The summed E-state index contributed by atoms with van der Waals surface area (Å²) in [6.07, 6.45) is -0.451. The van der Waals surface area contributed by atoms with E-state index in [2.05, 4.69) is 26.1 Å². The van der Waals surface area contributed by atoms with Gasteiger partial charge in [0.05, 0.1) is 0 Å². The molecule has 1 saturated heterocycles. The van der Waals surface area contributed by atoms with E-state index in [9.17, 15) is 4.79 Å². The third-order valence-corrected chi connectivity index (χ3v) is 3.41. The number of amides is 1. The van der Waals surface area contributed by atoms with Gasteiger partial charge in [-0.1, -0.05) is 51.1 Å². The molecule has 0 aliphatic carbocycles. The van der Waals surface area contributed by atoms with Crippen LogP contribution >= 0.6 is 0 Å². The van der Waals surface area contributed by atoms with Crippen LogP contribution in [0.15, 0.2) is 30.3 Å². The van der Waals surface area contributed by atoms with E-state index in [0.717, 1.165) is 5.56 Å². The Morgan fingerprint density at radius 1 is 1.24 bits per heavy atom. The van der Waals surface area contributed by atoms with Crippen molar-refractivity contribution in [3.05, 3.63) is 35.9 Å². The van der Waals surface area contributed by atoms with Gasteiger partial charge < -0.3 is 10.1 Å². The lowest BCUT2D eigenvalue weighted by Crippen LogP contribution is -2.50. The highest BCUT2D eigenvalue weighted by atomic mass is 16.6. The molecule has 1 aliphatic heterocycles. The van der Waals surface area contributed by atoms with Crippen molar-refractivity contribution in [2.24, 2.45) is 11.8 Å². The molecule has 0 bridgehead atoms. The van der Waals surface area contributed by atoms with Crippen LogP contribution < -0.4 is 5.32 Å². The van der Waals surface area contributed by atoms with E-state index in [1.54, 1.807) is 0 Å². The molecule has 1 aliphatic rings. The van der Waals surface area contributed by atoms with Gasteiger partial charge in [0.2, 0.25) is 0 Å². The molecule has 3 atom stereocenters. The first-order valence-corrected chi connectivity index (χ1v) is 6.11. The maximum atomic E-state index is 11.6. The van der Waals surface area contributed by atoms with Gasteiger partial charge in [0.15, 0.2) is 0 Å². The molecular weight excluding hydrogens is 214 g/mol. The number of nitrogens with one attached hydrogen (secondary N) is 1. The Hall–Kier alpha value is -1.51. The van der Waals surface area contributed by atoms with Crippen molar-refractivity contribution in [3.63, 3.8) is 0 Å². The predicted octanol–water partition coefficient (Wildman–Crippen LogP) is 3.13. The highest BCUT2D eigenvalue weighted by Gasteiger charge is 2.37. The van der Waals surface area contributed by atoms with Crippen LogP contribution in [0.1, 0.15) is 32.4 Å². The van der Waals surface area contributed by atoms with Gasteiger partial charge in [-0.2, -0.15) is 0 Å². The highest BCUT2D eigenvalue weighted by Crippen LogP contribution is 2.33. The third-order valence-electron chi connectivity index (χ3n) is 3.41. The molecule has 0 saturated carbocycles. The second kappa shape index (κ2) is 4.78. The van der Waals surface area contributed by atoms with Gasteiger partial charge in [0, 0.05) is 12.0 Å². The number of rotatable bonds is 2. The standard InChI is InChI=1S/C14H19NO2/c1-9(2)12-10(3)13(17-14(16)15-12)11-7-5-4-6-8-11/h4-10,12-13H,1-3H3,(H,15,16). The molecular formula is C14H19NO2. The number of cyclic esters (lactones) is 1. The summed E-state index contributed by atoms with van der Waals surface area (Å²) >= 11 is 0. The quantitative estimate of drug-likeness (QED) is 0.852. The van der Waals surface area contributed by atoms with E-state index < -0.39 is 0 Å². The minimum absolute atomic E-state index is 0.141. The van der Waals surface area contributed by atoms with Crippen molar-refractivity contribution in [3.8, 4) is 0 Å². The lowest BCUT2D eigenvalue weighted by molar-refractivity contribution is 0.0113. The first-order chi connectivity index (χ1) is 8.09. The predicted molar refractivity (Wildman–Crippen MR) is 66.6 cm³/mol. The molecule has 1 aromatic rings. The fraction of sp³-hybridized carbons (Fsp3) is 0.500. The van der Waals surface area contributed by atoms with Crippen LogP contribution in [0, 0.1) is 11.8 Å². The number of ether oxygens (including phenoxy) is 1. The molecule has 3 nitrogen and oxygen atoms in total. The fourth-order valence-corrected chi connectivity index (χ4v) is 2.50. The van der Waals surface area contributed by atoms with Gasteiger partial charge in [0.25, 0.3) is 0 Å². The largest absolute Gasteiger partial charge is 0.441 e. The monoisotopic (exact) mass is 233 g/mol. The van der Waals surface area contributed by atoms with Crippen molar-refractivity contribution in [1.82, 2.24) is 5.32 Å². The third kappa shape index (κ3) is 2.43. The maximum absolute atomic E-state index is 11.6. The van der Waals surface area contributed by atoms with E-state index in [1.165, 1.54) is 0 Å². The number of carbonyl (C=O) groups excluding carboxylic acids is 1. The van der Waals surface area contributed by atoms with Crippen molar-refractivity contribution in [2.45, 2.75) is 32.9 Å². The molecule has 3 unspecified atom stereocenters. The molecule has 3 heteroatoms. The van der Waals surface area contributed by atoms with E-state index >= 15 is 0 Å². The average Bonchev–Trinajstić information content (AvgIpc) is 2.32. The normalized spacial score (nSPS) is 28.7. The second-order valence-electron chi connectivity index (χ2n) is 5.01. The molecule has 92 valence electrons. The Morgan fingerprint density at radius 3 is 2.47 bits per heavy atom. The fourth-order valence-electron chi connectivity index (χ4n) is 2.50. The van der Waals surface area contributed by atoms with Crippen molar-refractivity contribution in [2.75, 3.05) is 0 Å². The lowest BCUT2D eigenvalue weighted by Gasteiger charge is -2.38. The summed E-state index contributed by atoms with van der Waals surface area (Å²) in [6, 6.07) is 10.1. The zero-order valence-corrected chi connectivity index (χ0v) is 10.5. The molecule has 0 aromatic heterocycles. The highest BCUT2D eigenvalue weighted by molar-refractivity contribution is 5.69.